The van der Waals surface area contributed by atoms with Crippen LogP contribution in [0.3, 0.4) is 0 Å². The molecular weight excluding hydrogens is 901 g/mol. The van der Waals surface area contributed by atoms with Gasteiger partial charge >= 0.3 is 17.9 Å². The Morgan fingerprint density at radius 2 is 1.25 bits per heavy atom. The summed E-state index contributed by atoms with van der Waals surface area (Å²) in [4.78, 5) is 122. The Kier molecular flexibility index (Phi) is 28.5. The van der Waals surface area contributed by atoms with E-state index in [9.17, 15) is 58.2 Å². The van der Waals surface area contributed by atoms with Crippen LogP contribution >= 0.6 is 12.6 Å². The number of rotatable bonds is 36. The SMILES string of the molecule is CC(CC(=O)O)CC(C)CC(=O)NCC1CCC(C(=O)NC(CCC(=O)NC(CCC(=O)O)C(=O)NCCCOCCOCCOCCCNC(=O)CCN2C(=O)CC(S)C2=O)C(=O)O)CC1. The summed E-state index contributed by atoms with van der Waals surface area (Å²) in [6, 6.07) is -2.57. The van der Waals surface area contributed by atoms with Crippen LogP contribution in [0.2, 0.25) is 0 Å². The molecule has 0 radical (unpaired) electrons. The molecule has 2 aliphatic rings. The summed E-state index contributed by atoms with van der Waals surface area (Å²) in [5.74, 6) is -6.52. The third-order valence-electron chi connectivity index (χ3n) is 11.3. The molecule has 0 spiro atoms. The summed E-state index contributed by atoms with van der Waals surface area (Å²) < 4.78 is 16.4. The number of likely N-dealkylation sites (tertiary alicyclic amines) is 1. The molecule has 1 heterocycles. The van der Waals surface area contributed by atoms with E-state index < -0.39 is 65.3 Å². The third kappa shape index (κ3) is 25.7. The van der Waals surface area contributed by atoms with Crippen LogP contribution in [0.25, 0.3) is 0 Å². The Hall–Kier alpha value is -4.87. The van der Waals surface area contributed by atoms with E-state index in [0.29, 0.717) is 84.5 Å². The maximum absolute atomic E-state index is 13.0. The third-order valence-corrected chi connectivity index (χ3v) is 11.7. The molecule has 7 amide bonds. The van der Waals surface area contributed by atoms with Gasteiger partial charge in [0.15, 0.2) is 0 Å². The second-order valence-electron chi connectivity index (χ2n) is 17.3. The van der Waals surface area contributed by atoms with Crippen molar-refractivity contribution in [2.24, 2.45) is 23.7 Å². The second-order valence-corrected chi connectivity index (χ2v) is 17.9. The van der Waals surface area contributed by atoms with E-state index in [2.05, 4.69) is 39.2 Å². The van der Waals surface area contributed by atoms with Crippen molar-refractivity contribution in [3.05, 3.63) is 0 Å². The molecule has 0 bridgehead atoms. The summed E-state index contributed by atoms with van der Waals surface area (Å²) >= 11 is 4.05. The number of aliphatic carboxylic acids is 3. The fourth-order valence-electron chi connectivity index (χ4n) is 7.71. The maximum Gasteiger partial charge on any atom is 0.326 e. The molecule has 5 atom stereocenters. The van der Waals surface area contributed by atoms with Crippen molar-refractivity contribution in [3.8, 4) is 0 Å². The fraction of sp³-hybridized carbons (Fsp3) is 0.773. The van der Waals surface area contributed by atoms with Crippen LogP contribution in [-0.2, 0) is 62.2 Å². The van der Waals surface area contributed by atoms with Gasteiger partial charge in [0.2, 0.25) is 41.4 Å². The number of ether oxygens (including phenoxy) is 3. The monoisotopic (exact) mass is 972 g/mol. The average molecular weight is 973 g/mol. The van der Waals surface area contributed by atoms with E-state index in [4.69, 9.17) is 19.3 Å². The Bertz CT molecular complexity index is 1650. The van der Waals surface area contributed by atoms with Crippen molar-refractivity contribution in [1.82, 2.24) is 31.5 Å². The molecule has 1 saturated carbocycles. The van der Waals surface area contributed by atoms with E-state index >= 15 is 0 Å². The highest BCUT2D eigenvalue weighted by Gasteiger charge is 2.36. The van der Waals surface area contributed by atoms with Gasteiger partial charge in [-0.05, 0) is 75.5 Å². The second kappa shape index (κ2) is 32.8. The number of carboxylic acid groups (broad SMARTS) is 3. The molecule has 22 nitrogen and oxygen atoms in total. The van der Waals surface area contributed by atoms with Gasteiger partial charge in [0.05, 0.1) is 31.7 Å². The van der Waals surface area contributed by atoms with Gasteiger partial charge in [-0.3, -0.25) is 48.1 Å². The van der Waals surface area contributed by atoms with Gasteiger partial charge in [-0.2, -0.15) is 12.6 Å². The zero-order valence-electron chi connectivity index (χ0n) is 38.8. The van der Waals surface area contributed by atoms with Crippen LogP contribution in [0.15, 0.2) is 0 Å². The molecule has 0 aromatic heterocycles. The van der Waals surface area contributed by atoms with Crippen LogP contribution in [0.1, 0.15) is 110 Å². The predicted molar refractivity (Wildman–Crippen MR) is 242 cm³/mol. The molecule has 380 valence electrons. The first-order valence-electron chi connectivity index (χ1n) is 23.2. The van der Waals surface area contributed by atoms with Crippen molar-refractivity contribution in [3.63, 3.8) is 0 Å². The van der Waals surface area contributed by atoms with Crippen molar-refractivity contribution < 1.29 is 77.5 Å². The van der Waals surface area contributed by atoms with Gasteiger partial charge in [0.1, 0.15) is 12.1 Å². The first-order chi connectivity index (χ1) is 31.9. The molecule has 8 N–H and O–H groups in total. The van der Waals surface area contributed by atoms with Gasteiger partial charge in [-0.25, -0.2) is 4.79 Å². The van der Waals surface area contributed by atoms with Gasteiger partial charge < -0.3 is 56.1 Å². The zero-order valence-corrected chi connectivity index (χ0v) is 39.7. The lowest BCUT2D eigenvalue weighted by molar-refractivity contribution is -0.143. The number of hydrogen-bond acceptors (Lipinski definition) is 14. The summed E-state index contributed by atoms with van der Waals surface area (Å²) in [6.07, 6.45) is 3.04. The molecular formula is C44H72N6O16S. The number of nitrogens with one attached hydrogen (secondary N) is 5. The molecule has 67 heavy (non-hydrogen) atoms. The highest BCUT2D eigenvalue weighted by molar-refractivity contribution is 7.81. The Balaban J connectivity index is 1.57. The van der Waals surface area contributed by atoms with Crippen LogP contribution < -0.4 is 26.6 Å². The Morgan fingerprint density at radius 3 is 1.82 bits per heavy atom. The first kappa shape index (κ1) is 58.3. The highest BCUT2D eigenvalue weighted by Crippen LogP contribution is 2.29. The first-order valence-corrected chi connectivity index (χ1v) is 23.7. The fourth-order valence-corrected chi connectivity index (χ4v) is 8.00. The zero-order chi connectivity index (χ0) is 49.7. The van der Waals surface area contributed by atoms with Crippen molar-refractivity contribution in [1.29, 1.82) is 0 Å². The summed E-state index contributed by atoms with van der Waals surface area (Å²) in [5.41, 5.74) is 0. The summed E-state index contributed by atoms with van der Waals surface area (Å²) in [7, 11) is 0. The summed E-state index contributed by atoms with van der Waals surface area (Å²) in [5, 5.41) is 40.6. The van der Waals surface area contributed by atoms with Crippen molar-refractivity contribution in [2.75, 3.05) is 65.8 Å². The molecule has 1 aliphatic carbocycles. The number of nitrogens with zero attached hydrogens (tertiary/aromatic N) is 1. The number of hydrogen-bond donors (Lipinski definition) is 9. The van der Waals surface area contributed by atoms with E-state index in [1.807, 2.05) is 13.8 Å². The molecule has 5 unspecified atom stereocenters. The van der Waals surface area contributed by atoms with Crippen LogP contribution in [0.5, 0.6) is 0 Å². The number of imide groups is 1. The average Bonchev–Trinajstić information content (AvgIpc) is 3.51. The van der Waals surface area contributed by atoms with Gasteiger partial charge in [-0.1, -0.05) is 13.8 Å². The lowest BCUT2D eigenvalue weighted by Crippen LogP contribution is -2.48. The molecule has 1 saturated heterocycles. The van der Waals surface area contributed by atoms with E-state index in [0.717, 1.165) is 4.90 Å². The van der Waals surface area contributed by atoms with E-state index in [1.54, 1.807) is 0 Å². The van der Waals surface area contributed by atoms with Gasteiger partial charge in [0.25, 0.3) is 0 Å². The standard InChI is InChI=1S/C44H72N6O16S/c1-28(23-29(2)25-40(57)58)24-37(53)47-27-30-5-7-31(8-6-30)41(59)49-33(44(62)63)9-11-36(52)48-32(10-12-39(55)56)42(60)46-15-4-18-65-20-22-66-21-19-64-17-3-14-45-35(51)13-16-50-38(54)26-34(67)43(50)61/h28-34,67H,3-27H2,1-2H3,(H,45,51)(H,46,60)(H,47,53)(H,48,52)(H,49,59)(H,55,56)(H,57,58)(H,62,63). The normalized spacial score (nSPS) is 18.9. The number of thiol groups is 1. The minimum absolute atomic E-state index is 0.0172. The smallest absolute Gasteiger partial charge is 0.326 e. The molecule has 2 rings (SSSR count). The highest BCUT2D eigenvalue weighted by atomic mass is 32.1. The number of carbonyl (C=O) groups is 10. The largest absolute Gasteiger partial charge is 0.481 e. The minimum atomic E-state index is -1.37. The molecule has 1 aliphatic heterocycles. The minimum Gasteiger partial charge on any atom is -0.481 e. The Morgan fingerprint density at radius 1 is 0.672 bits per heavy atom. The van der Waals surface area contributed by atoms with Gasteiger partial charge in [0, 0.05) is 83.8 Å². The quantitative estimate of drug-likeness (QED) is 0.0236. The van der Waals surface area contributed by atoms with Gasteiger partial charge in [-0.15, -0.1) is 0 Å². The van der Waals surface area contributed by atoms with E-state index in [1.165, 1.54) is 0 Å². The van der Waals surface area contributed by atoms with Crippen LogP contribution in [0, 0.1) is 23.7 Å². The van der Waals surface area contributed by atoms with E-state index in [-0.39, 0.29) is 113 Å². The lowest BCUT2D eigenvalue weighted by atomic mass is 9.81. The number of carbonyl (C=O) groups excluding carboxylic acids is 7. The van der Waals surface area contributed by atoms with Crippen molar-refractivity contribution >= 4 is 71.9 Å². The van der Waals surface area contributed by atoms with Crippen LogP contribution in [-0.4, -0.2) is 163 Å². The summed E-state index contributed by atoms with van der Waals surface area (Å²) in [6.45, 7) is 6.65. The number of carboxylic acids is 3. The molecule has 0 aromatic rings. The van der Waals surface area contributed by atoms with Crippen molar-refractivity contribution in [2.45, 2.75) is 127 Å². The topological polar surface area (TPSA) is 322 Å². The molecule has 0 aromatic carbocycles. The lowest BCUT2D eigenvalue weighted by Gasteiger charge is -2.29. The maximum atomic E-state index is 13.0. The molecule has 2 fully saturated rings. The van der Waals surface area contributed by atoms with Crippen LogP contribution in [0.4, 0.5) is 0 Å². The number of amides is 7. The molecule has 23 heteroatoms. The predicted octanol–water partition coefficient (Wildman–Crippen LogP) is 0.645. The Labute approximate surface area is 396 Å².